The minimum Gasteiger partial charge on any atom is -0.491 e. The molecule has 0 aromatic heterocycles. The maximum absolute atomic E-state index is 13.0. The average molecular weight is 453 g/mol. The molecule has 6 nitrogen and oxygen atoms in total. The van der Waals surface area contributed by atoms with Gasteiger partial charge >= 0.3 is 0 Å². The zero-order valence-corrected chi connectivity index (χ0v) is 19.5. The van der Waals surface area contributed by atoms with Crippen LogP contribution in [0.5, 0.6) is 5.75 Å². The molecular weight excluding hydrogens is 424 g/mol. The van der Waals surface area contributed by atoms with E-state index >= 15 is 0 Å². The molecule has 3 rings (SSSR count). The molecule has 0 fully saturated rings. The van der Waals surface area contributed by atoms with E-state index in [-0.39, 0.29) is 16.4 Å². The van der Waals surface area contributed by atoms with E-state index in [2.05, 4.69) is 10.0 Å². The van der Waals surface area contributed by atoms with Crippen molar-refractivity contribution in [2.75, 3.05) is 17.9 Å². The Morgan fingerprint density at radius 3 is 2.28 bits per heavy atom. The van der Waals surface area contributed by atoms with E-state index in [1.165, 1.54) is 6.07 Å². The normalized spacial score (nSPS) is 11.1. The van der Waals surface area contributed by atoms with Crippen molar-refractivity contribution in [1.82, 2.24) is 5.32 Å². The first-order valence-corrected chi connectivity index (χ1v) is 11.8. The zero-order valence-electron chi connectivity index (χ0n) is 18.7. The highest BCUT2D eigenvalue weighted by Crippen LogP contribution is 2.22. The molecule has 3 aromatic carbocycles. The largest absolute Gasteiger partial charge is 0.491 e. The van der Waals surface area contributed by atoms with Gasteiger partial charge in [0.15, 0.2) is 0 Å². The van der Waals surface area contributed by atoms with Crippen LogP contribution in [0.1, 0.15) is 32.6 Å². The van der Waals surface area contributed by atoms with E-state index in [4.69, 9.17) is 4.74 Å². The van der Waals surface area contributed by atoms with Gasteiger partial charge in [-0.1, -0.05) is 30.3 Å². The third kappa shape index (κ3) is 5.68. The van der Waals surface area contributed by atoms with Gasteiger partial charge in [0, 0.05) is 11.3 Å². The molecule has 168 valence electrons. The molecule has 0 aliphatic rings. The average Bonchev–Trinajstić information content (AvgIpc) is 2.75. The molecule has 0 heterocycles. The SMILES string of the molecule is Cc1ccc(NS(=O)(=O)c2cc(C(=O)NCCOc3ccccc3C)ccc2C)cc1C. The van der Waals surface area contributed by atoms with Gasteiger partial charge in [-0.2, -0.15) is 0 Å². The summed E-state index contributed by atoms with van der Waals surface area (Å²) >= 11 is 0. The number of carbonyl (C=O) groups is 1. The fraction of sp³-hybridized carbons (Fsp3) is 0.240. The van der Waals surface area contributed by atoms with Crippen LogP contribution in [-0.2, 0) is 10.0 Å². The summed E-state index contributed by atoms with van der Waals surface area (Å²) in [4.78, 5) is 12.6. The molecule has 1 amide bonds. The summed E-state index contributed by atoms with van der Waals surface area (Å²) in [5, 5.41) is 2.77. The fourth-order valence-electron chi connectivity index (χ4n) is 3.19. The maximum atomic E-state index is 13.0. The second kappa shape index (κ2) is 9.87. The van der Waals surface area contributed by atoms with E-state index < -0.39 is 10.0 Å². The fourth-order valence-corrected chi connectivity index (χ4v) is 4.51. The minimum absolute atomic E-state index is 0.0690. The lowest BCUT2D eigenvalue weighted by atomic mass is 10.1. The first kappa shape index (κ1) is 23.3. The number of hydrogen-bond acceptors (Lipinski definition) is 4. The number of aryl methyl sites for hydroxylation is 4. The van der Waals surface area contributed by atoms with Crippen molar-refractivity contribution in [1.29, 1.82) is 0 Å². The number of rotatable bonds is 8. The summed E-state index contributed by atoms with van der Waals surface area (Å²) in [5.74, 6) is 0.406. The molecule has 0 atom stereocenters. The molecule has 0 saturated carbocycles. The van der Waals surface area contributed by atoms with Gasteiger partial charge < -0.3 is 10.1 Å². The van der Waals surface area contributed by atoms with E-state index in [9.17, 15) is 13.2 Å². The number of sulfonamides is 1. The molecule has 2 N–H and O–H groups in total. The summed E-state index contributed by atoms with van der Waals surface area (Å²) in [6.07, 6.45) is 0. The summed E-state index contributed by atoms with van der Waals surface area (Å²) in [5.41, 5.74) is 4.39. The summed E-state index contributed by atoms with van der Waals surface area (Å²) in [6, 6.07) is 17.7. The van der Waals surface area contributed by atoms with Gasteiger partial charge in [-0.05, 0) is 80.3 Å². The predicted molar refractivity (Wildman–Crippen MR) is 127 cm³/mol. The maximum Gasteiger partial charge on any atom is 0.262 e. The van der Waals surface area contributed by atoms with E-state index in [1.54, 1.807) is 31.2 Å². The Bertz CT molecular complexity index is 1240. The molecule has 0 radical (unpaired) electrons. The van der Waals surface area contributed by atoms with Gasteiger partial charge in [0.2, 0.25) is 0 Å². The van der Waals surface area contributed by atoms with E-state index in [1.807, 2.05) is 51.1 Å². The van der Waals surface area contributed by atoms with Gasteiger partial charge in [-0.3, -0.25) is 9.52 Å². The van der Waals surface area contributed by atoms with Crippen molar-refractivity contribution in [3.05, 3.63) is 88.5 Å². The summed E-state index contributed by atoms with van der Waals surface area (Å²) in [6.45, 7) is 8.14. The standard InChI is InChI=1S/C25H28N2O4S/c1-17-10-12-22(15-20(17)4)27-32(29,30)24-16-21(11-9-19(24)3)25(28)26-13-14-31-23-8-6-5-7-18(23)2/h5-12,15-16,27H,13-14H2,1-4H3,(H,26,28). The number of ether oxygens (including phenoxy) is 1. The van der Waals surface area contributed by atoms with Gasteiger partial charge in [0.05, 0.1) is 11.4 Å². The van der Waals surface area contributed by atoms with E-state index in [0.29, 0.717) is 24.4 Å². The van der Waals surface area contributed by atoms with Crippen LogP contribution in [-0.4, -0.2) is 27.5 Å². The van der Waals surface area contributed by atoms with Crippen LogP contribution in [0.15, 0.2) is 65.6 Å². The Kier molecular flexibility index (Phi) is 7.20. The lowest BCUT2D eigenvalue weighted by molar-refractivity contribution is 0.0946. The molecule has 32 heavy (non-hydrogen) atoms. The summed E-state index contributed by atoms with van der Waals surface area (Å²) in [7, 11) is -3.85. The van der Waals surface area contributed by atoms with Gasteiger partial charge in [-0.25, -0.2) is 8.42 Å². The van der Waals surface area contributed by atoms with Gasteiger partial charge in [0.1, 0.15) is 12.4 Å². The van der Waals surface area contributed by atoms with Crippen LogP contribution in [0, 0.1) is 27.7 Å². The van der Waals surface area contributed by atoms with Crippen LogP contribution in [0.2, 0.25) is 0 Å². The third-order valence-electron chi connectivity index (χ3n) is 5.24. The Hall–Kier alpha value is -3.32. The number of para-hydroxylation sites is 1. The minimum atomic E-state index is -3.85. The van der Waals surface area contributed by atoms with Crippen molar-refractivity contribution < 1.29 is 17.9 Å². The number of hydrogen-bond donors (Lipinski definition) is 2. The molecule has 0 unspecified atom stereocenters. The Morgan fingerprint density at radius 1 is 0.844 bits per heavy atom. The molecule has 3 aromatic rings. The monoisotopic (exact) mass is 452 g/mol. The molecule has 0 spiro atoms. The van der Waals surface area contributed by atoms with Crippen molar-refractivity contribution in [2.45, 2.75) is 32.6 Å². The van der Waals surface area contributed by atoms with Crippen LogP contribution in [0.4, 0.5) is 5.69 Å². The van der Waals surface area contributed by atoms with Crippen LogP contribution < -0.4 is 14.8 Å². The van der Waals surface area contributed by atoms with Crippen molar-refractivity contribution in [3.8, 4) is 5.75 Å². The van der Waals surface area contributed by atoms with E-state index in [0.717, 1.165) is 22.4 Å². The Balaban J connectivity index is 1.68. The lowest BCUT2D eigenvalue weighted by Crippen LogP contribution is -2.28. The Labute approximate surface area is 189 Å². The molecule has 7 heteroatoms. The molecule has 0 aliphatic heterocycles. The van der Waals surface area contributed by atoms with Crippen LogP contribution in [0.3, 0.4) is 0 Å². The third-order valence-corrected chi connectivity index (χ3v) is 6.76. The molecule has 0 saturated heterocycles. The van der Waals surface area contributed by atoms with Gasteiger partial charge in [-0.15, -0.1) is 0 Å². The van der Waals surface area contributed by atoms with Crippen LogP contribution in [0.25, 0.3) is 0 Å². The van der Waals surface area contributed by atoms with Gasteiger partial charge in [0.25, 0.3) is 15.9 Å². The van der Waals surface area contributed by atoms with Crippen molar-refractivity contribution in [3.63, 3.8) is 0 Å². The first-order chi connectivity index (χ1) is 15.2. The second-order valence-electron chi connectivity index (χ2n) is 7.75. The number of amides is 1. The highest BCUT2D eigenvalue weighted by Gasteiger charge is 2.19. The Morgan fingerprint density at radius 2 is 1.56 bits per heavy atom. The smallest absolute Gasteiger partial charge is 0.262 e. The van der Waals surface area contributed by atoms with Crippen molar-refractivity contribution in [2.24, 2.45) is 0 Å². The topological polar surface area (TPSA) is 84.5 Å². The highest BCUT2D eigenvalue weighted by atomic mass is 32.2. The second-order valence-corrected chi connectivity index (χ2v) is 9.41. The quantitative estimate of drug-likeness (QED) is 0.492. The first-order valence-electron chi connectivity index (χ1n) is 10.3. The van der Waals surface area contributed by atoms with Crippen molar-refractivity contribution >= 4 is 21.6 Å². The van der Waals surface area contributed by atoms with Crippen LogP contribution >= 0.6 is 0 Å². The molecular formula is C25H28N2O4S. The predicted octanol–water partition coefficient (Wildman–Crippen LogP) is 4.53. The number of carbonyl (C=O) groups excluding carboxylic acids is 1. The zero-order chi connectivity index (χ0) is 23.3. The number of benzene rings is 3. The molecule has 0 aliphatic carbocycles. The lowest BCUT2D eigenvalue weighted by Gasteiger charge is -2.13. The number of nitrogens with one attached hydrogen (secondary N) is 2. The number of anilines is 1. The summed E-state index contributed by atoms with van der Waals surface area (Å²) < 4.78 is 34.2. The molecule has 0 bridgehead atoms. The highest BCUT2D eigenvalue weighted by molar-refractivity contribution is 7.92.